The number of rotatable bonds is 5. The summed E-state index contributed by atoms with van der Waals surface area (Å²) in [5, 5.41) is 3.38. The van der Waals surface area contributed by atoms with E-state index in [1.807, 2.05) is 6.07 Å². The Morgan fingerprint density at radius 3 is 2.50 bits per heavy atom. The van der Waals surface area contributed by atoms with Gasteiger partial charge in [0.05, 0.1) is 0 Å². The Hall–Kier alpha value is -1.13. The second kappa shape index (κ2) is 7.04. The number of nitrogens with one attached hydrogen (secondary N) is 1. The second-order valence-electron chi connectivity index (χ2n) is 5.73. The van der Waals surface area contributed by atoms with Gasteiger partial charge in [0, 0.05) is 44.5 Å². The Morgan fingerprint density at radius 1 is 1.20 bits per heavy atom. The molecular formula is C16H26FN3. The third-order valence-corrected chi connectivity index (χ3v) is 3.90. The summed E-state index contributed by atoms with van der Waals surface area (Å²) >= 11 is 0. The van der Waals surface area contributed by atoms with E-state index in [1.165, 1.54) is 5.69 Å². The first-order valence-corrected chi connectivity index (χ1v) is 7.59. The van der Waals surface area contributed by atoms with Gasteiger partial charge >= 0.3 is 0 Å². The van der Waals surface area contributed by atoms with Crippen LogP contribution in [0.2, 0.25) is 0 Å². The summed E-state index contributed by atoms with van der Waals surface area (Å²) in [4.78, 5) is 4.83. The van der Waals surface area contributed by atoms with Gasteiger partial charge in [0.1, 0.15) is 5.82 Å². The zero-order chi connectivity index (χ0) is 14.5. The molecule has 1 aliphatic rings. The third kappa shape index (κ3) is 3.93. The van der Waals surface area contributed by atoms with Crippen molar-refractivity contribution in [3.63, 3.8) is 0 Å². The molecule has 0 spiro atoms. The maximum Gasteiger partial charge on any atom is 0.123 e. The van der Waals surface area contributed by atoms with Gasteiger partial charge in [-0.05, 0) is 30.3 Å². The zero-order valence-electron chi connectivity index (χ0n) is 12.8. The van der Waals surface area contributed by atoms with Crippen LogP contribution in [0.5, 0.6) is 0 Å². The van der Waals surface area contributed by atoms with Crippen molar-refractivity contribution in [3.05, 3.63) is 29.6 Å². The Labute approximate surface area is 121 Å². The quantitative estimate of drug-likeness (QED) is 0.893. The highest BCUT2D eigenvalue weighted by atomic mass is 19.1. The van der Waals surface area contributed by atoms with Crippen LogP contribution in [-0.4, -0.2) is 43.7 Å². The molecule has 2 rings (SSSR count). The lowest BCUT2D eigenvalue weighted by Gasteiger charge is -2.36. The number of hydrogen-bond acceptors (Lipinski definition) is 3. The van der Waals surface area contributed by atoms with Gasteiger partial charge in [-0.15, -0.1) is 0 Å². The molecule has 20 heavy (non-hydrogen) atoms. The first-order chi connectivity index (χ1) is 9.60. The molecule has 0 aliphatic carbocycles. The fraction of sp³-hybridized carbons (Fsp3) is 0.625. The fourth-order valence-corrected chi connectivity index (χ4v) is 2.62. The van der Waals surface area contributed by atoms with Crippen molar-refractivity contribution in [2.45, 2.75) is 33.4 Å². The minimum atomic E-state index is -0.151. The summed E-state index contributed by atoms with van der Waals surface area (Å²) in [5.41, 5.74) is 2.24. The molecule has 0 bridgehead atoms. The van der Waals surface area contributed by atoms with Crippen LogP contribution >= 0.6 is 0 Å². The molecule has 4 heteroatoms. The topological polar surface area (TPSA) is 18.5 Å². The molecule has 1 N–H and O–H groups in total. The number of benzene rings is 1. The number of piperazine rings is 1. The van der Waals surface area contributed by atoms with Gasteiger partial charge < -0.3 is 15.1 Å². The van der Waals surface area contributed by atoms with Gasteiger partial charge in [0.25, 0.3) is 0 Å². The normalized spacial score (nSPS) is 16.9. The Balaban J connectivity index is 2.10. The van der Waals surface area contributed by atoms with Crippen LogP contribution < -0.4 is 10.2 Å². The summed E-state index contributed by atoms with van der Waals surface area (Å²) in [7, 11) is 0. The Morgan fingerprint density at radius 2 is 1.90 bits per heavy atom. The van der Waals surface area contributed by atoms with Crippen LogP contribution in [0.3, 0.4) is 0 Å². The van der Waals surface area contributed by atoms with Gasteiger partial charge in [-0.1, -0.05) is 20.8 Å². The molecule has 0 atom stereocenters. The van der Waals surface area contributed by atoms with Crippen LogP contribution in [0.25, 0.3) is 0 Å². The summed E-state index contributed by atoms with van der Waals surface area (Å²) < 4.78 is 13.5. The molecule has 1 saturated heterocycles. The molecule has 0 saturated carbocycles. The molecular weight excluding hydrogens is 253 g/mol. The minimum Gasteiger partial charge on any atom is -0.369 e. The lowest BCUT2D eigenvalue weighted by atomic mass is 10.1. The average molecular weight is 279 g/mol. The molecule has 1 aliphatic heterocycles. The largest absolute Gasteiger partial charge is 0.369 e. The molecule has 1 aromatic carbocycles. The lowest BCUT2D eigenvalue weighted by Crippen LogP contribution is -2.46. The van der Waals surface area contributed by atoms with Crippen LogP contribution in [0, 0.1) is 5.82 Å². The first kappa shape index (κ1) is 15.3. The standard InChI is InChI=1S/C16H26FN3/c1-4-19-7-9-20(10-8-19)16-6-5-15(17)11-14(16)12-18-13(2)3/h5-6,11,13,18H,4,7-10,12H2,1-3H3. The predicted octanol–water partition coefficient (Wildman–Crippen LogP) is 2.47. The van der Waals surface area contributed by atoms with E-state index >= 15 is 0 Å². The van der Waals surface area contributed by atoms with Gasteiger partial charge in [0.15, 0.2) is 0 Å². The Kier molecular flexibility index (Phi) is 5.38. The summed E-state index contributed by atoms with van der Waals surface area (Å²) in [5.74, 6) is -0.151. The van der Waals surface area contributed by atoms with Crippen molar-refractivity contribution in [2.24, 2.45) is 0 Å². The number of anilines is 1. The molecule has 0 radical (unpaired) electrons. The highest BCUT2D eigenvalue weighted by Gasteiger charge is 2.18. The van der Waals surface area contributed by atoms with E-state index in [2.05, 4.69) is 35.9 Å². The maximum atomic E-state index is 13.5. The van der Waals surface area contributed by atoms with Crippen LogP contribution in [-0.2, 0) is 6.54 Å². The molecule has 112 valence electrons. The summed E-state index contributed by atoms with van der Waals surface area (Å²) in [6, 6.07) is 5.56. The summed E-state index contributed by atoms with van der Waals surface area (Å²) in [6.07, 6.45) is 0. The minimum absolute atomic E-state index is 0.151. The predicted molar refractivity (Wildman–Crippen MR) is 82.7 cm³/mol. The second-order valence-corrected chi connectivity index (χ2v) is 5.73. The molecule has 3 nitrogen and oxygen atoms in total. The van der Waals surface area contributed by atoms with Gasteiger partial charge in [-0.2, -0.15) is 0 Å². The summed E-state index contributed by atoms with van der Waals surface area (Å²) in [6.45, 7) is 12.5. The monoisotopic (exact) mass is 279 g/mol. The highest BCUT2D eigenvalue weighted by Crippen LogP contribution is 2.23. The van der Waals surface area contributed by atoms with Crippen molar-refractivity contribution < 1.29 is 4.39 Å². The zero-order valence-corrected chi connectivity index (χ0v) is 12.8. The van der Waals surface area contributed by atoms with Crippen molar-refractivity contribution in [1.82, 2.24) is 10.2 Å². The molecule has 0 unspecified atom stereocenters. The van der Waals surface area contributed by atoms with Gasteiger partial charge in [-0.3, -0.25) is 0 Å². The molecule has 1 fully saturated rings. The lowest BCUT2D eigenvalue weighted by molar-refractivity contribution is 0.271. The van der Waals surface area contributed by atoms with Crippen LogP contribution in [0.4, 0.5) is 10.1 Å². The Bertz CT molecular complexity index is 426. The van der Waals surface area contributed by atoms with Crippen molar-refractivity contribution in [1.29, 1.82) is 0 Å². The van der Waals surface area contributed by atoms with Crippen molar-refractivity contribution in [3.8, 4) is 0 Å². The van der Waals surface area contributed by atoms with E-state index < -0.39 is 0 Å². The van der Waals surface area contributed by atoms with Crippen molar-refractivity contribution >= 4 is 5.69 Å². The van der Waals surface area contributed by atoms with E-state index in [9.17, 15) is 4.39 Å². The fourth-order valence-electron chi connectivity index (χ4n) is 2.62. The molecule has 1 aromatic rings. The third-order valence-electron chi connectivity index (χ3n) is 3.90. The van der Waals surface area contributed by atoms with E-state index in [4.69, 9.17) is 0 Å². The van der Waals surface area contributed by atoms with Gasteiger partial charge in [-0.25, -0.2) is 4.39 Å². The number of halogens is 1. The van der Waals surface area contributed by atoms with Crippen LogP contribution in [0.15, 0.2) is 18.2 Å². The smallest absolute Gasteiger partial charge is 0.123 e. The number of nitrogens with zero attached hydrogens (tertiary/aromatic N) is 2. The van der Waals surface area contributed by atoms with Crippen LogP contribution in [0.1, 0.15) is 26.3 Å². The molecule has 0 amide bonds. The number of likely N-dealkylation sites (N-methyl/N-ethyl adjacent to an activating group) is 1. The van der Waals surface area contributed by atoms with E-state index in [0.29, 0.717) is 6.04 Å². The molecule has 0 aromatic heterocycles. The number of hydrogen-bond donors (Lipinski definition) is 1. The highest BCUT2D eigenvalue weighted by molar-refractivity contribution is 5.54. The molecule has 1 heterocycles. The maximum absolute atomic E-state index is 13.5. The van der Waals surface area contributed by atoms with E-state index in [0.717, 1.165) is 44.8 Å². The SMILES string of the molecule is CCN1CCN(c2ccc(F)cc2CNC(C)C)CC1. The van der Waals surface area contributed by atoms with Gasteiger partial charge in [0.2, 0.25) is 0 Å². The van der Waals surface area contributed by atoms with E-state index in [-0.39, 0.29) is 5.82 Å². The average Bonchev–Trinajstić information content (AvgIpc) is 2.45. The first-order valence-electron chi connectivity index (χ1n) is 7.59. The van der Waals surface area contributed by atoms with E-state index in [1.54, 1.807) is 12.1 Å². The van der Waals surface area contributed by atoms with Crippen molar-refractivity contribution in [2.75, 3.05) is 37.6 Å².